The number of H-pyrrole nitrogens is 1. The number of para-hydroxylation sites is 1. The van der Waals surface area contributed by atoms with Crippen LogP contribution in [-0.2, 0) is 0 Å². The van der Waals surface area contributed by atoms with Gasteiger partial charge in [0.25, 0.3) is 0 Å². The van der Waals surface area contributed by atoms with E-state index in [4.69, 9.17) is 15.6 Å². The van der Waals surface area contributed by atoms with Crippen LogP contribution in [0.25, 0.3) is 33.0 Å². The molecule has 0 radical (unpaired) electrons. The quantitative estimate of drug-likeness (QED) is 0.185. The molecule has 0 saturated heterocycles. The van der Waals surface area contributed by atoms with E-state index in [2.05, 4.69) is 20.3 Å². The Hall–Kier alpha value is -5.31. The van der Waals surface area contributed by atoms with Crippen molar-refractivity contribution in [1.29, 1.82) is 5.41 Å². The minimum absolute atomic E-state index is 0.130. The molecule has 5 N–H and O–H groups in total. The number of benzene rings is 3. The van der Waals surface area contributed by atoms with Gasteiger partial charge in [-0.2, -0.15) is 0 Å². The van der Waals surface area contributed by atoms with Crippen molar-refractivity contribution in [2.24, 2.45) is 0 Å². The van der Waals surface area contributed by atoms with Crippen LogP contribution in [0.5, 0.6) is 0 Å². The highest BCUT2D eigenvalue weighted by Crippen LogP contribution is 2.33. The summed E-state index contributed by atoms with van der Waals surface area (Å²) < 4.78 is 20.5. The van der Waals surface area contributed by atoms with E-state index in [0.29, 0.717) is 39.2 Å². The smallest absolute Gasteiger partial charge is 0.200 e. The fourth-order valence-electron chi connectivity index (χ4n) is 4.97. The summed E-state index contributed by atoms with van der Waals surface area (Å²) in [7, 11) is 0. The van der Waals surface area contributed by atoms with Crippen LogP contribution in [0, 0.1) is 18.2 Å². The second kappa shape index (κ2) is 9.77. The summed E-state index contributed by atoms with van der Waals surface area (Å²) in [5.41, 5.74) is 10.2. The van der Waals surface area contributed by atoms with Gasteiger partial charge in [-0.05, 0) is 61.4 Å². The Kier molecular flexibility index (Phi) is 6.11. The van der Waals surface area contributed by atoms with Gasteiger partial charge in [-0.3, -0.25) is 10.2 Å². The van der Waals surface area contributed by atoms with E-state index in [1.165, 1.54) is 18.5 Å². The number of hydrogen-bond donors (Lipinski definition) is 4. The number of nitrogen functional groups attached to an aromatic ring is 1. The van der Waals surface area contributed by atoms with E-state index >= 15 is 0 Å². The van der Waals surface area contributed by atoms with Gasteiger partial charge < -0.3 is 20.5 Å². The van der Waals surface area contributed by atoms with Gasteiger partial charge in [0.05, 0.1) is 28.3 Å². The molecular formula is C31H25FN6O2. The summed E-state index contributed by atoms with van der Waals surface area (Å²) in [5.74, 6) is 0.265. The molecule has 0 bridgehead atoms. The second-order valence-electron chi connectivity index (χ2n) is 9.63. The zero-order chi connectivity index (χ0) is 28.0. The Bertz CT molecular complexity index is 1990. The molecule has 0 spiro atoms. The molecule has 0 aliphatic carbocycles. The van der Waals surface area contributed by atoms with Crippen molar-refractivity contribution in [1.82, 2.24) is 15.0 Å². The number of nitrogens with one attached hydrogen (secondary N) is 3. The van der Waals surface area contributed by atoms with Gasteiger partial charge in [0.2, 0.25) is 5.43 Å². The van der Waals surface area contributed by atoms with Gasteiger partial charge >= 0.3 is 0 Å². The lowest BCUT2D eigenvalue weighted by Crippen LogP contribution is -2.18. The third kappa shape index (κ3) is 4.27. The Morgan fingerprint density at radius 1 is 1.07 bits per heavy atom. The van der Waals surface area contributed by atoms with Crippen LogP contribution in [0.1, 0.15) is 35.4 Å². The lowest BCUT2D eigenvalue weighted by atomic mass is 9.98. The van der Waals surface area contributed by atoms with Crippen LogP contribution in [0.4, 0.5) is 16.0 Å². The minimum atomic E-state index is -0.620. The summed E-state index contributed by atoms with van der Waals surface area (Å²) in [6, 6.07) is 17.8. The largest absolute Gasteiger partial charge is 0.458 e. The molecule has 8 nitrogen and oxygen atoms in total. The van der Waals surface area contributed by atoms with Gasteiger partial charge in [0, 0.05) is 22.7 Å². The number of aromatic amines is 1. The Morgan fingerprint density at radius 2 is 1.90 bits per heavy atom. The maximum Gasteiger partial charge on any atom is 0.200 e. The molecule has 0 saturated carbocycles. The molecule has 0 fully saturated rings. The van der Waals surface area contributed by atoms with Crippen molar-refractivity contribution in [3.05, 3.63) is 118 Å². The predicted molar refractivity (Wildman–Crippen MR) is 155 cm³/mol. The van der Waals surface area contributed by atoms with Crippen LogP contribution in [0.2, 0.25) is 0 Å². The Balaban J connectivity index is 1.46. The predicted octanol–water partition coefficient (Wildman–Crippen LogP) is 6.35. The number of aromatic nitrogens is 3. The average Bonchev–Trinajstić information content (AvgIpc) is 3.32. The van der Waals surface area contributed by atoms with Crippen molar-refractivity contribution in [3.63, 3.8) is 0 Å². The average molecular weight is 533 g/mol. The van der Waals surface area contributed by atoms with E-state index in [-0.39, 0.29) is 22.5 Å². The fourth-order valence-corrected chi connectivity index (χ4v) is 4.97. The number of nitrogens with two attached hydrogens (primary N) is 1. The summed E-state index contributed by atoms with van der Waals surface area (Å²) in [6.45, 7) is 3.80. The van der Waals surface area contributed by atoms with Crippen LogP contribution in [0.15, 0.2) is 88.5 Å². The van der Waals surface area contributed by atoms with Crippen molar-refractivity contribution in [2.75, 3.05) is 11.1 Å². The lowest BCUT2D eigenvalue weighted by Gasteiger charge is -2.20. The molecule has 6 rings (SSSR count). The summed E-state index contributed by atoms with van der Waals surface area (Å²) in [5, 5.41) is 13.7. The first-order valence-electron chi connectivity index (χ1n) is 12.7. The standard InChI is InChI=1S/C31H25FN6O2/c1-16-14-35-23-11-10-19(13-22(16)23)27(33)26-30(34)36-15-37-31(26)38-17(2)29-25(18-6-5-7-20(32)12-18)28(39)21-8-3-4-9-24(21)40-29/h3-15,17,33,35H,1-2H3,(H3,34,36,37,38). The first-order chi connectivity index (χ1) is 19.3. The topological polar surface area (TPSA) is 134 Å². The van der Waals surface area contributed by atoms with Crippen LogP contribution >= 0.6 is 0 Å². The zero-order valence-electron chi connectivity index (χ0n) is 21.7. The Labute approximate surface area is 228 Å². The molecule has 40 heavy (non-hydrogen) atoms. The van der Waals surface area contributed by atoms with E-state index in [1.807, 2.05) is 31.3 Å². The van der Waals surface area contributed by atoms with Gasteiger partial charge in [0.15, 0.2) is 0 Å². The number of halogens is 1. The summed E-state index contributed by atoms with van der Waals surface area (Å²) in [4.78, 5) is 25.4. The second-order valence-corrected chi connectivity index (χ2v) is 9.63. The Morgan fingerprint density at radius 3 is 2.73 bits per heavy atom. The van der Waals surface area contributed by atoms with Gasteiger partial charge in [-0.25, -0.2) is 14.4 Å². The van der Waals surface area contributed by atoms with Crippen LogP contribution in [-0.4, -0.2) is 20.7 Å². The number of aryl methyl sites for hydroxylation is 1. The molecule has 0 amide bonds. The van der Waals surface area contributed by atoms with E-state index in [0.717, 1.165) is 16.5 Å². The fraction of sp³-hybridized carbons (Fsp3) is 0.0968. The summed E-state index contributed by atoms with van der Waals surface area (Å²) in [6.07, 6.45) is 3.23. The molecule has 6 aromatic rings. The highest BCUT2D eigenvalue weighted by molar-refractivity contribution is 6.17. The highest BCUT2D eigenvalue weighted by Gasteiger charge is 2.24. The van der Waals surface area contributed by atoms with Gasteiger partial charge in [-0.15, -0.1) is 0 Å². The molecule has 3 heterocycles. The molecule has 1 atom stereocenters. The maximum absolute atomic E-state index is 14.2. The molecule has 198 valence electrons. The molecule has 3 aromatic heterocycles. The number of rotatable bonds is 6. The molecule has 0 aliphatic heterocycles. The van der Waals surface area contributed by atoms with E-state index < -0.39 is 11.9 Å². The molecule has 3 aromatic carbocycles. The van der Waals surface area contributed by atoms with E-state index in [1.54, 1.807) is 43.3 Å². The molecular weight excluding hydrogens is 507 g/mol. The van der Waals surface area contributed by atoms with Gasteiger partial charge in [0.1, 0.15) is 35.1 Å². The SMILES string of the molecule is Cc1c[nH]c2ccc(C(=N)c3c(N)ncnc3NC(C)c3oc4ccccc4c(=O)c3-c3cccc(F)c3)cc12. The van der Waals surface area contributed by atoms with E-state index in [9.17, 15) is 9.18 Å². The van der Waals surface area contributed by atoms with Crippen LogP contribution < -0.4 is 16.5 Å². The molecule has 9 heteroatoms. The summed E-state index contributed by atoms with van der Waals surface area (Å²) >= 11 is 0. The highest BCUT2D eigenvalue weighted by atomic mass is 19.1. The van der Waals surface area contributed by atoms with Crippen molar-refractivity contribution in [2.45, 2.75) is 19.9 Å². The minimum Gasteiger partial charge on any atom is -0.458 e. The van der Waals surface area contributed by atoms with Crippen molar-refractivity contribution >= 4 is 39.2 Å². The number of anilines is 2. The lowest BCUT2D eigenvalue weighted by molar-refractivity contribution is 0.515. The number of hydrogen-bond acceptors (Lipinski definition) is 7. The van der Waals surface area contributed by atoms with Crippen molar-refractivity contribution < 1.29 is 8.81 Å². The van der Waals surface area contributed by atoms with Crippen LogP contribution in [0.3, 0.4) is 0 Å². The first-order valence-corrected chi connectivity index (χ1v) is 12.7. The van der Waals surface area contributed by atoms with Crippen molar-refractivity contribution in [3.8, 4) is 11.1 Å². The molecule has 1 unspecified atom stereocenters. The maximum atomic E-state index is 14.2. The number of nitrogens with zero attached hydrogens (tertiary/aromatic N) is 2. The third-order valence-corrected chi connectivity index (χ3v) is 6.99. The first kappa shape index (κ1) is 25.0. The van der Waals surface area contributed by atoms with Gasteiger partial charge in [-0.1, -0.05) is 30.3 Å². The molecule has 0 aliphatic rings. The normalized spacial score (nSPS) is 12.1. The monoisotopic (exact) mass is 532 g/mol. The number of fused-ring (bicyclic) bond motifs is 2. The zero-order valence-corrected chi connectivity index (χ0v) is 21.7. The third-order valence-electron chi connectivity index (χ3n) is 6.99.